The Bertz CT molecular complexity index is 609. The molecular formula is C9H5FN4O5. The molecule has 0 spiro atoms. The number of hydrogen-bond acceptors (Lipinski definition) is 6. The molecule has 0 fully saturated rings. The Morgan fingerprint density at radius 2 is 1.89 bits per heavy atom. The van der Waals surface area contributed by atoms with Crippen LogP contribution in [0.2, 0.25) is 0 Å². The van der Waals surface area contributed by atoms with Gasteiger partial charge < -0.3 is 5.32 Å². The zero-order chi connectivity index (χ0) is 14.6. The Labute approximate surface area is 104 Å². The van der Waals surface area contributed by atoms with Crippen molar-refractivity contribution in [2.45, 2.75) is 6.42 Å². The number of carbonyl (C=O) groups excluding carboxylic acids is 1. The molecular weight excluding hydrogens is 263 g/mol. The van der Waals surface area contributed by atoms with Crippen molar-refractivity contribution in [3.05, 3.63) is 38.2 Å². The van der Waals surface area contributed by atoms with E-state index in [0.717, 1.165) is 0 Å². The molecule has 1 N–H and O–H groups in total. The largest absolute Gasteiger partial charge is 0.319 e. The number of carbonyl (C=O) groups is 1. The van der Waals surface area contributed by atoms with Gasteiger partial charge in [0.25, 0.3) is 5.69 Å². The summed E-state index contributed by atoms with van der Waals surface area (Å²) in [5.74, 6) is -2.22. The van der Waals surface area contributed by atoms with E-state index in [1.807, 2.05) is 5.32 Å². The smallest absolute Gasteiger partial charge is 0.311 e. The fourth-order valence-corrected chi connectivity index (χ4v) is 1.21. The predicted octanol–water partition coefficient (Wildman–Crippen LogP) is 1.49. The highest BCUT2D eigenvalue weighted by Crippen LogP contribution is 2.31. The standard InChI is InChI=1S/C9H5FN4O5/c10-5-3-6(12-9(15)1-2-11)8(14(18)19)4-7(5)13(16)17/h3-4H,1H2,(H,12,15). The zero-order valence-electron chi connectivity index (χ0n) is 9.12. The summed E-state index contributed by atoms with van der Waals surface area (Å²) in [5.41, 5.74) is -2.46. The maximum atomic E-state index is 13.3. The summed E-state index contributed by atoms with van der Waals surface area (Å²) in [4.78, 5) is 30.1. The number of rotatable bonds is 4. The van der Waals surface area contributed by atoms with Crippen LogP contribution < -0.4 is 5.32 Å². The van der Waals surface area contributed by atoms with Crippen LogP contribution in [0, 0.1) is 37.4 Å². The Morgan fingerprint density at radius 3 is 2.37 bits per heavy atom. The lowest BCUT2D eigenvalue weighted by atomic mass is 10.2. The van der Waals surface area contributed by atoms with Crippen molar-refractivity contribution in [3.8, 4) is 6.07 Å². The van der Waals surface area contributed by atoms with Gasteiger partial charge in [-0.25, -0.2) is 0 Å². The normalized spacial score (nSPS) is 9.47. The van der Waals surface area contributed by atoms with Gasteiger partial charge in [0, 0.05) is 6.07 Å². The molecule has 10 heteroatoms. The van der Waals surface area contributed by atoms with Crippen LogP contribution in [0.1, 0.15) is 6.42 Å². The number of anilines is 1. The lowest BCUT2D eigenvalue weighted by Gasteiger charge is -2.04. The molecule has 0 aliphatic carbocycles. The Morgan fingerprint density at radius 1 is 1.32 bits per heavy atom. The number of nitrogens with zero attached hydrogens (tertiary/aromatic N) is 3. The van der Waals surface area contributed by atoms with E-state index in [2.05, 4.69) is 0 Å². The second kappa shape index (κ2) is 5.50. The summed E-state index contributed by atoms with van der Waals surface area (Å²) in [5, 5.41) is 31.3. The second-order valence-corrected chi connectivity index (χ2v) is 3.22. The number of hydrogen-bond donors (Lipinski definition) is 1. The van der Waals surface area contributed by atoms with Crippen LogP contribution in [-0.4, -0.2) is 15.8 Å². The SMILES string of the molecule is N#CCC(=O)Nc1cc(F)c([N+](=O)[O-])cc1[N+](=O)[O-]. The van der Waals surface area contributed by atoms with Crippen molar-refractivity contribution in [2.75, 3.05) is 5.32 Å². The highest BCUT2D eigenvalue weighted by atomic mass is 19.1. The minimum atomic E-state index is -1.33. The molecule has 1 aromatic carbocycles. The first-order valence-corrected chi connectivity index (χ1v) is 4.66. The molecule has 0 unspecified atom stereocenters. The third kappa shape index (κ3) is 3.19. The number of nitro benzene ring substituents is 2. The minimum absolute atomic E-state index is 0.400. The maximum Gasteiger partial charge on any atom is 0.311 e. The van der Waals surface area contributed by atoms with Crippen LogP contribution in [0.3, 0.4) is 0 Å². The highest BCUT2D eigenvalue weighted by molar-refractivity contribution is 5.94. The van der Waals surface area contributed by atoms with Crippen LogP contribution in [0.5, 0.6) is 0 Å². The molecule has 0 saturated heterocycles. The quantitative estimate of drug-likeness (QED) is 0.648. The van der Waals surface area contributed by atoms with Gasteiger partial charge in [-0.3, -0.25) is 25.0 Å². The van der Waals surface area contributed by atoms with Gasteiger partial charge in [0.1, 0.15) is 12.1 Å². The van der Waals surface area contributed by atoms with Gasteiger partial charge in [0.05, 0.1) is 22.0 Å². The summed E-state index contributed by atoms with van der Waals surface area (Å²) in [6, 6.07) is 2.36. The van der Waals surface area contributed by atoms with Crippen molar-refractivity contribution in [1.29, 1.82) is 5.26 Å². The second-order valence-electron chi connectivity index (χ2n) is 3.22. The fraction of sp³-hybridized carbons (Fsp3) is 0.111. The molecule has 1 aromatic rings. The molecule has 0 heterocycles. The Balaban J connectivity index is 3.28. The van der Waals surface area contributed by atoms with Crippen LogP contribution in [0.25, 0.3) is 0 Å². The average molecular weight is 268 g/mol. The topological polar surface area (TPSA) is 139 Å². The molecule has 0 saturated carbocycles. The summed E-state index contributed by atoms with van der Waals surface area (Å²) in [6.07, 6.45) is -0.588. The average Bonchev–Trinajstić information content (AvgIpc) is 2.28. The molecule has 19 heavy (non-hydrogen) atoms. The van der Waals surface area contributed by atoms with E-state index in [-0.39, 0.29) is 0 Å². The molecule has 0 aliphatic rings. The molecule has 1 rings (SSSR count). The number of nitro groups is 2. The zero-order valence-corrected chi connectivity index (χ0v) is 9.12. The van der Waals surface area contributed by atoms with E-state index < -0.39 is 45.1 Å². The maximum absolute atomic E-state index is 13.3. The number of benzene rings is 1. The summed E-state index contributed by atoms with van der Waals surface area (Å²) >= 11 is 0. The van der Waals surface area contributed by atoms with Gasteiger partial charge in [-0.1, -0.05) is 0 Å². The van der Waals surface area contributed by atoms with E-state index in [4.69, 9.17) is 5.26 Å². The number of halogens is 1. The lowest BCUT2D eigenvalue weighted by molar-refractivity contribution is -0.395. The van der Waals surface area contributed by atoms with Crippen LogP contribution >= 0.6 is 0 Å². The molecule has 9 nitrogen and oxygen atoms in total. The van der Waals surface area contributed by atoms with E-state index in [1.54, 1.807) is 0 Å². The van der Waals surface area contributed by atoms with E-state index in [9.17, 15) is 29.4 Å². The lowest BCUT2D eigenvalue weighted by Crippen LogP contribution is -2.12. The third-order valence-electron chi connectivity index (χ3n) is 1.97. The van der Waals surface area contributed by atoms with Crippen molar-refractivity contribution in [2.24, 2.45) is 0 Å². The van der Waals surface area contributed by atoms with Crippen molar-refractivity contribution >= 4 is 23.0 Å². The third-order valence-corrected chi connectivity index (χ3v) is 1.97. The monoisotopic (exact) mass is 268 g/mol. The van der Waals surface area contributed by atoms with Crippen molar-refractivity contribution < 1.29 is 19.0 Å². The summed E-state index contributed by atoms with van der Waals surface area (Å²) in [7, 11) is 0. The molecule has 0 bridgehead atoms. The molecule has 0 radical (unpaired) electrons. The van der Waals surface area contributed by atoms with E-state index >= 15 is 0 Å². The fourth-order valence-electron chi connectivity index (χ4n) is 1.21. The highest BCUT2D eigenvalue weighted by Gasteiger charge is 2.25. The number of nitriles is 1. The first-order chi connectivity index (χ1) is 8.86. The first kappa shape index (κ1) is 14.0. The van der Waals surface area contributed by atoms with Gasteiger partial charge in [-0.15, -0.1) is 0 Å². The van der Waals surface area contributed by atoms with Crippen LogP contribution in [0.15, 0.2) is 12.1 Å². The van der Waals surface area contributed by atoms with Gasteiger partial charge in [0.15, 0.2) is 0 Å². The Hall–Kier alpha value is -3.09. The van der Waals surface area contributed by atoms with Gasteiger partial charge in [-0.05, 0) is 0 Å². The van der Waals surface area contributed by atoms with Crippen LogP contribution in [-0.2, 0) is 4.79 Å². The van der Waals surface area contributed by atoms with Gasteiger partial charge in [-0.2, -0.15) is 9.65 Å². The Kier molecular flexibility index (Phi) is 4.04. The molecule has 0 aliphatic heterocycles. The first-order valence-electron chi connectivity index (χ1n) is 4.66. The van der Waals surface area contributed by atoms with Gasteiger partial charge in [0.2, 0.25) is 11.7 Å². The van der Waals surface area contributed by atoms with E-state index in [1.165, 1.54) is 6.07 Å². The van der Waals surface area contributed by atoms with Gasteiger partial charge >= 0.3 is 5.69 Å². The molecule has 0 atom stereocenters. The molecule has 1 amide bonds. The minimum Gasteiger partial charge on any atom is -0.319 e. The van der Waals surface area contributed by atoms with Crippen molar-refractivity contribution in [3.63, 3.8) is 0 Å². The summed E-state index contributed by atoms with van der Waals surface area (Å²) < 4.78 is 13.3. The molecule has 98 valence electrons. The van der Waals surface area contributed by atoms with Crippen molar-refractivity contribution in [1.82, 2.24) is 0 Å². The number of amides is 1. The summed E-state index contributed by atoms with van der Waals surface area (Å²) in [6.45, 7) is 0. The predicted molar refractivity (Wildman–Crippen MR) is 58.6 cm³/mol. The number of nitrogens with one attached hydrogen (secondary N) is 1. The van der Waals surface area contributed by atoms with E-state index in [0.29, 0.717) is 12.1 Å². The van der Waals surface area contributed by atoms with Crippen LogP contribution in [0.4, 0.5) is 21.5 Å². The molecule has 0 aromatic heterocycles.